The highest BCUT2D eigenvalue weighted by atomic mass is 32.1. The number of aliphatic hydroxyl groups excluding tert-OH is 3. The molecule has 0 unspecified atom stereocenters. The number of ether oxygens (including phenoxy) is 1. The van der Waals surface area contributed by atoms with E-state index in [1.165, 1.54) is 11.6 Å². The average Bonchev–Trinajstić information content (AvgIpc) is 3.40. The second-order valence-electron chi connectivity index (χ2n) is 8.18. The minimum absolute atomic E-state index is 0.198. The molecule has 4 N–H and O–H groups in total. The molecule has 1 aromatic carbocycles. The first-order valence-corrected chi connectivity index (χ1v) is 11.0. The minimum Gasteiger partial charge on any atom is -0.394 e. The molecule has 168 valence electrons. The monoisotopic (exact) mass is 448 g/mol. The van der Waals surface area contributed by atoms with E-state index in [2.05, 4.69) is 5.32 Å². The Balaban J connectivity index is 1.83. The Morgan fingerprint density at radius 1 is 1.23 bits per heavy atom. The van der Waals surface area contributed by atoms with Crippen molar-refractivity contribution in [1.29, 1.82) is 0 Å². The molecule has 1 aliphatic heterocycles. The summed E-state index contributed by atoms with van der Waals surface area (Å²) in [7, 11) is 0. The minimum atomic E-state index is -1.36. The van der Waals surface area contributed by atoms with Crippen molar-refractivity contribution in [2.24, 2.45) is 0 Å². The summed E-state index contributed by atoms with van der Waals surface area (Å²) in [5.74, 6) is 0.293. The lowest BCUT2D eigenvalue weighted by Crippen LogP contribution is -2.62. The Kier molecular flexibility index (Phi) is 6.54. The number of rotatable bonds is 5. The molecule has 0 radical (unpaired) electrons. The van der Waals surface area contributed by atoms with Crippen molar-refractivity contribution in [2.75, 3.05) is 6.61 Å². The summed E-state index contributed by atoms with van der Waals surface area (Å²) in [5, 5.41) is 38.0. The molecule has 5 atom stereocenters. The number of hydrogen-bond acceptors (Lipinski definition) is 7. The maximum atomic E-state index is 11.8. The number of aliphatic hydroxyl groups is 3. The van der Waals surface area contributed by atoms with E-state index in [0.29, 0.717) is 10.6 Å². The van der Waals surface area contributed by atoms with Crippen molar-refractivity contribution in [3.05, 3.63) is 35.1 Å². The van der Waals surface area contributed by atoms with Crippen molar-refractivity contribution in [3.8, 4) is 11.4 Å². The summed E-state index contributed by atoms with van der Waals surface area (Å²) >= 11 is 5.80. The molecule has 1 aliphatic carbocycles. The van der Waals surface area contributed by atoms with Crippen LogP contribution in [0.1, 0.15) is 44.9 Å². The van der Waals surface area contributed by atoms with E-state index >= 15 is 0 Å². The number of carbonyl (C=O) groups is 1. The molecule has 1 aromatic heterocycles. The zero-order valence-electron chi connectivity index (χ0n) is 17.3. The van der Waals surface area contributed by atoms with Crippen LogP contribution in [0, 0.1) is 4.77 Å². The number of nitrogens with one attached hydrogen (secondary N) is 1. The lowest BCUT2D eigenvalue weighted by atomic mass is 9.96. The Labute approximate surface area is 185 Å². The summed E-state index contributed by atoms with van der Waals surface area (Å²) in [6, 6.07) is 8.89. The number of aromatic nitrogens is 3. The van der Waals surface area contributed by atoms with Gasteiger partial charge in [0.05, 0.1) is 6.61 Å². The molecule has 31 heavy (non-hydrogen) atoms. The average molecular weight is 449 g/mol. The molecule has 9 nitrogen and oxygen atoms in total. The number of amides is 1. The van der Waals surface area contributed by atoms with Gasteiger partial charge in [-0.2, -0.15) is 0 Å². The van der Waals surface area contributed by atoms with Gasteiger partial charge in [0.25, 0.3) is 0 Å². The van der Waals surface area contributed by atoms with Crippen LogP contribution in [-0.4, -0.2) is 66.5 Å². The third kappa shape index (κ3) is 4.18. The molecule has 4 rings (SSSR count). The lowest BCUT2D eigenvalue weighted by molar-refractivity contribution is -0.219. The number of nitrogens with zero attached hydrogens (tertiary/aromatic N) is 3. The fourth-order valence-corrected chi connectivity index (χ4v) is 4.91. The first-order chi connectivity index (χ1) is 14.9. The summed E-state index contributed by atoms with van der Waals surface area (Å²) in [4.78, 5) is 11.8. The first-order valence-electron chi connectivity index (χ1n) is 10.6. The summed E-state index contributed by atoms with van der Waals surface area (Å²) in [6.45, 7) is 0.823. The van der Waals surface area contributed by atoms with Gasteiger partial charge >= 0.3 is 0 Å². The zero-order chi connectivity index (χ0) is 22.1. The fraction of sp³-hybridized carbons (Fsp3) is 0.571. The summed E-state index contributed by atoms with van der Waals surface area (Å²) in [5.41, 5.74) is 0.894. The third-order valence-electron chi connectivity index (χ3n) is 6.07. The van der Waals surface area contributed by atoms with Crippen LogP contribution in [0.5, 0.6) is 0 Å². The van der Waals surface area contributed by atoms with Crippen LogP contribution in [0.15, 0.2) is 30.3 Å². The van der Waals surface area contributed by atoms with E-state index in [4.69, 9.17) is 22.1 Å². The van der Waals surface area contributed by atoms with Crippen LogP contribution in [0.4, 0.5) is 0 Å². The van der Waals surface area contributed by atoms with Crippen LogP contribution >= 0.6 is 12.2 Å². The zero-order valence-corrected chi connectivity index (χ0v) is 18.1. The second-order valence-corrected chi connectivity index (χ2v) is 8.55. The first kappa shape index (κ1) is 22.1. The molecule has 10 heteroatoms. The van der Waals surface area contributed by atoms with Crippen LogP contribution in [-0.2, 0) is 9.53 Å². The van der Waals surface area contributed by atoms with Gasteiger partial charge in [-0.3, -0.25) is 9.36 Å². The highest BCUT2D eigenvalue weighted by Crippen LogP contribution is 2.36. The Hall–Kier alpha value is -2.11. The Morgan fingerprint density at radius 3 is 2.52 bits per heavy atom. The van der Waals surface area contributed by atoms with Gasteiger partial charge in [0, 0.05) is 18.5 Å². The molecule has 0 spiro atoms. The van der Waals surface area contributed by atoms with E-state index < -0.39 is 43.1 Å². The number of hydrogen-bond donors (Lipinski definition) is 4. The van der Waals surface area contributed by atoms with E-state index in [1.54, 1.807) is 0 Å². The summed E-state index contributed by atoms with van der Waals surface area (Å²) < 4.78 is 9.83. The molecule has 1 amide bonds. The molecule has 0 bridgehead atoms. The predicted octanol–water partition coefficient (Wildman–Crippen LogP) is 1.31. The van der Waals surface area contributed by atoms with Gasteiger partial charge in [-0.1, -0.05) is 43.2 Å². The van der Waals surface area contributed by atoms with Gasteiger partial charge in [0.2, 0.25) is 10.7 Å². The SMILES string of the molecule is CC(=O)N[C@H]1[C@@H](O)[C@H](O)[C@@H](CO)O[C@H]1n1nc(-c2ccccc2)n(C2CCCC2)c1=S. The van der Waals surface area contributed by atoms with E-state index in [1.807, 2.05) is 34.9 Å². The number of carbonyl (C=O) groups excluding carboxylic acids is 1. The van der Waals surface area contributed by atoms with Gasteiger partial charge in [0.15, 0.2) is 12.1 Å². The second kappa shape index (κ2) is 9.17. The standard InChI is InChI=1S/C21H28N4O5S/c1-12(27)22-16-18(29)17(28)15(11-26)30-20(16)25-21(31)24(14-9-5-6-10-14)19(23-25)13-7-3-2-4-8-13/h2-4,7-8,14-18,20,26,28-29H,5-6,9-11H2,1H3,(H,22,27)/t15-,16+,17-,18-,20-/m1/s1. The highest BCUT2D eigenvalue weighted by molar-refractivity contribution is 7.71. The van der Waals surface area contributed by atoms with Crippen molar-refractivity contribution in [2.45, 2.75) is 69.2 Å². The van der Waals surface area contributed by atoms with Crippen LogP contribution < -0.4 is 5.32 Å². The van der Waals surface area contributed by atoms with Crippen molar-refractivity contribution >= 4 is 18.1 Å². The Morgan fingerprint density at radius 2 is 1.90 bits per heavy atom. The maximum absolute atomic E-state index is 11.8. The number of benzene rings is 1. The molecule has 2 heterocycles. The molecule has 2 fully saturated rings. The lowest BCUT2D eigenvalue weighted by Gasteiger charge is -2.42. The van der Waals surface area contributed by atoms with Crippen molar-refractivity contribution < 1.29 is 24.9 Å². The smallest absolute Gasteiger partial charge is 0.217 e. The fourth-order valence-electron chi connectivity index (χ4n) is 4.53. The van der Waals surface area contributed by atoms with Crippen molar-refractivity contribution in [1.82, 2.24) is 19.7 Å². The van der Waals surface area contributed by atoms with Gasteiger partial charge in [-0.15, -0.1) is 5.10 Å². The molecule has 2 aliphatic rings. The van der Waals surface area contributed by atoms with Crippen molar-refractivity contribution in [3.63, 3.8) is 0 Å². The molecule has 1 saturated heterocycles. The normalized spacial score (nSPS) is 29.2. The predicted molar refractivity (Wildman–Crippen MR) is 115 cm³/mol. The van der Waals surface area contributed by atoms with Gasteiger partial charge in [-0.25, -0.2) is 4.68 Å². The molecular formula is C21H28N4O5S. The summed E-state index contributed by atoms with van der Waals surface area (Å²) in [6.07, 6.45) is -0.561. The molecule has 1 saturated carbocycles. The molecular weight excluding hydrogens is 420 g/mol. The topological polar surface area (TPSA) is 122 Å². The van der Waals surface area contributed by atoms with E-state index in [0.717, 1.165) is 31.2 Å². The Bertz CT molecular complexity index is 972. The maximum Gasteiger partial charge on any atom is 0.217 e. The van der Waals surface area contributed by atoms with E-state index in [-0.39, 0.29) is 6.04 Å². The largest absolute Gasteiger partial charge is 0.394 e. The van der Waals surface area contributed by atoms with Gasteiger partial charge < -0.3 is 25.4 Å². The van der Waals surface area contributed by atoms with Gasteiger partial charge in [-0.05, 0) is 25.1 Å². The quantitative estimate of drug-likeness (QED) is 0.509. The van der Waals surface area contributed by atoms with Gasteiger partial charge in [0.1, 0.15) is 24.4 Å². The van der Waals surface area contributed by atoms with Crippen LogP contribution in [0.2, 0.25) is 0 Å². The highest BCUT2D eigenvalue weighted by Gasteiger charge is 2.46. The third-order valence-corrected chi connectivity index (χ3v) is 6.45. The van der Waals surface area contributed by atoms with Crippen LogP contribution in [0.25, 0.3) is 11.4 Å². The van der Waals surface area contributed by atoms with E-state index in [9.17, 15) is 20.1 Å². The molecule has 2 aromatic rings. The van der Waals surface area contributed by atoms with Crippen LogP contribution in [0.3, 0.4) is 0 Å².